The van der Waals surface area contributed by atoms with Crippen LogP contribution in [0.1, 0.15) is 18.9 Å². The largest absolute Gasteiger partial charge is 0.360 e. The van der Waals surface area contributed by atoms with Gasteiger partial charge in [0.1, 0.15) is 11.6 Å². The number of nitrogens with zero attached hydrogens (tertiary/aromatic N) is 3. The zero-order valence-electron chi connectivity index (χ0n) is 10.1. The van der Waals surface area contributed by atoms with Crippen LogP contribution in [0.4, 0.5) is 11.4 Å². The van der Waals surface area contributed by atoms with Crippen LogP contribution in [0.25, 0.3) is 0 Å². The molecule has 0 atom stereocenters. The van der Waals surface area contributed by atoms with E-state index in [0.29, 0.717) is 6.54 Å². The molecule has 0 aliphatic rings. The van der Waals surface area contributed by atoms with E-state index in [4.69, 9.17) is 11.7 Å². The van der Waals surface area contributed by atoms with Gasteiger partial charge >= 0.3 is 0 Å². The summed E-state index contributed by atoms with van der Waals surface area (Å²) in [6.07, 6.45) is 6.18. The Morgan fingerprint density at radius 3 is 2.78 bits per heavy atom. The lowest BCUT2D eigenvalue weighted by Gasteiger charge is -2.21. The van der Waals surface area contributed by atoms with Gasteiger partial charge in [0.05, 0.1) is 11.5 Å². The third kappa shape index (κ3) is 2.99. The van der Waals surface area contributed by atoms with Crippen molar-refractivity contribution in [1.29, 1.82) is 5.26 Å². The van der Waals surface area contributed by atoms with Crippen LogP contribution < -0.4 is 4.90 Å². The molecule has 0 heterocycles. The van der Waals surface area contributed by atoms with Crippen LogP contribution in [-0.2, 0) is 0 Å². The molecule has 0 N–H and O–H groups in total. The highest BCUT2D eigenvalue weighted by atomic mass is 16.6. The molecule has 0 spiro atoms. The number of nitriles is 1. The Balaban J connectivity index is 3.15. The third-order valence-electron chi connectivity index (χ3n) is 2.44. The average molecular weight is 243 g/mol. The van der Waals surface area contributed by atoms with Gasteiger partial charge in [-0.2, -0.15) is 5.26 Å². The molecular weight excluding hydrogens is 230 g/mol. The van der Waals surface area contributed by atoms with E-state index in [0.717, 1.165) is 18.7 Å². The van der Waals surface area contributed by atoms with Crippen molar-refractivity contribution in [3.63, 3.8) is 0 Å². The second kappa shape index (κ2) is 6.27. The van der Waals surface area contributed by atoms with Gasteiger partial charge in [0, 0.05) is 18.3 Å². The minimum absolute atomic E-state index is 0.0515. The number of anilines is 1. The first-order valence-electron chi connectivity index (χ1n) is 5.51. The van der Waals surface area contributed by atoms with Crippen molar-refractivity contribution < 1.29 is 4.92 Å². The first kappa shape index (κ1) is 13.5. The van der Waals surface area contributed by atoms with Crippen molar-refractivity contribution in [1.82, 2.24) is 0 Å². The number of hydrogen-bond donors (Lipinski definition) is 0. The summed E-state index contributed by atoms with van der Waals surface area (Å²) in [6.45, 7) is 3.17. The summed E-state index contributed by atoms with van der Waals surface area (Å²) >= 11 is 0. The second-order valence-corrected chi connectivity index (χ2v) is 3.70. The fourth-order valence-corrected chi connectivity index (χ4v) is 1.65. The molecule has 0 saturated carbocycles. The van der Waals surface area contributed by atoms with E-state index >= 15 is 0 Å². The zero-order chi connectivity index (χ0) is 13.5. The van der Waals surface area contributed by atoms with Crippen molar-refractivity contribution in [3.8, 4) is 18.4 Å². The molecule has 0 unspecified atom stereocenters. The van der Waals surface area contributed by atoms with Crippen molar-refractivity contribution in [3.05, 3.63) is 33.9 Å². The van der Waals surface area contributed by atoms with Gasteiger partial charge in [-0.3, -0.25) is 10.1 Å². The van der Waals surface area contributed by atoms with Gasteiger partial charge in [-0.25, -0.2) is 0 Å². The number of benzene rings is 1. The Bertz CT molecular complexity index is 526. The second-order valence-electron chi connectivity index (χ2n) is 3.70. The van der Waals surface area contributed by atoms with Crippen molar-refractivity contribution in [2.75, 3.05) is 18.0 Å². The third-order valence-corrected chi connectivity index (χ3v) is 2.44. The molecule has 0 saturated heterocycles. The maximum Gasteiger partial charge on any atom is 0.287 e. The zero-order valence-corrected chi connectivity index (χ0v) is 10.1. The summed E-state index contributed by atoms with van der Waals surface area (Å²) in [6, 6.07) is 6.30. The summed E-state index contributed by atoms with van der Waals surface area (Å²) < 4.78 is 0. The monoisotopic (exact) mass is 243 g/mol. The minimum atomic E-state index is -0.562. The van der Waals surface area contributed by atoms with E-state index in [1.165, 1.54) is 12.1 Å². The van der Waals surface area contributed by atoms with Crippen molar-refractivity contribution >= 4 is 11.4 Å². The molecule has 1 aromatic carbocycles. The van der Waals surface area contributed by atoms with Crippen molar-refractivity contribution in [2.45, 2.75) is 13.3 Å². The maximum absolute atomic E-state index is 10.7. The highest BCUT2D eigenvalue weighted by Gasteiger charge is 2.15. The molecule has 18 heavy (non-hydrogen) atoms. The molecule has 5 nitrogen and oxygen atoms in total. The molecule has 0 aliphatic carbocycles. The Hall–Kier alpha value is -2.53. The van der Waals surface area contributed by atoms with Crippen LogP contribution in [0.5, 0.6) is 0 Å². The van der Waals surface area contributed by atoms with E-state index in [2.05, 4.69) is 5.92 Å². The summed E-state index contributed by atoms with van der Waals surface area (Å²) in [4.78, 5) is 12.1. The molecule has 0 aromatic heterocycles. The summed E-state index contributed by atoms with van der Waals surface area (Å²) in [5.41, 5.74) is 0.603. The van der Waals surface area contributed by atoms with Crippen LogP contribution in [0, 0.1) is 33.8 Å². The minimum Gasteiger partial charge on any atom is -0.360 e. The van der Waals surface area contributed by atoms with E-state index in [1.807, 2.05) is 17.9 Å². The smallest absolute Gasteiger partial charge is 0.287 e. The predicted octanol–water partition coefficient (Wildman–Crippen LogP) is 2.32. The predicted molar refractivity (Wildman–Crippen MR) is 69.1 cm³/mol. The average Bonchev–Trinajstić information content (AvgIpc) is 2.37. The summed E-state index contributed by atoms with van der Waals surface area (Å²) in [5, 5.41) is 19.6. The molecule has 0 fully saturated rings. The van der Waals surface area contributed by atoms with Crippen LogP contribution in [0.3, 0.4) is 0 Å². The standard InChI is InChI=1S/C13H13N3O2/c1-3-7-15(8-4-2)12-5-6-13(16(17)18)11(9-12)10-14/h1,5-6,9H,4,7-8H2,2H3. The van der Waals surface area contributed by atoms with Gasteiger partial charge in [0.15, 0.2) is 0 Å². The van der Waals surface area contributed by atoms with Gasteiger partial charge < -0.3 is 4.90 Å². The molecule has 0 bridgehead atoms. The lowest BCUT2D eigenvalue weighted by Crippen LogP contribution is -2.24. The Morgan fingerprint density at radius 1 is 1.56 bits per heavy atom. The number of nitro groups is 1. The van der Waals surface area contributed by atoms with Crippen LogP contribution >= 0.6 is 0 Å². The molecule has 0 amide bonds. The molecule has 1 aromatic rings. The number of rotatable bonds is 5. The van der Waals surface area contributed by atoms with Gasteiger partial charge in [-0.15, -0.1) is 6.42 Å². The Labute approximate surface area is 106 Å². The molecule has 0 aliphatic heterocycles. The Kier molecular flexibility index (Phi) is 4.71. The number of hydrogen-bond acceptors (Lipinski definition) is 4. The first-order valence-corrected chi connectivity index (χ1v) is 5.51. The Morgan fingerprint density at radius 2 is 2.28 bits per heavy atom. The highest BCUT2D eigenvalue weighted by molar-refractivity contribution is 5.60. The molecular formula is C13H13N3O2. The maximum atomic E-state index is 10.7. The normalized spacial score (nSPS) is 9.28. The molecule has 92 valence electrons. The lowest BCUT2D eigenvalue weighted by molar-refractivity contribution is -0.385. The van der Waals surface area contributed by atoms with Crippen LogP contribution in [-0.4, -0.2) is 18.0 Å². The van der Waals surface area contributed by atoms with Crippen LogP contribution in [0.15, 0.2) is 18.2 Å². The summed E-state index contributed by atoms with van der Waals surface area (Å²) in [5.74, 6) is 2.54. The van der Waals surface area contributed by atoms with Gasteiger partial charge in [0.2, 0.25) is 0 Å². The molecule has 0 radical (unpaired) electrons. The van der Waals surface area contributed by atoms with E-state index in [9.17, 15) is 10.1 Å². The summed E-state index contributed by atoms with van der Waals surface area (Å²) in [7, 11) is 0. The topological polar surface area (TPSA) is 70.2 Å². The van der Waals surface area contributed by atoms with Gasteiger partial charge in [-0.1, -0.05) is 12.8 Å². The lowest BCUT2D eigenvalue weighted by atomic mass is 10.1. The highest BCUT2D eigenvalue weighted by Crippen LogP contribution is 2.24. The van der Waals surface area contributed by atoms with Crippen LogP contribution in [0.2, 0.25) is 0 Å². The fraction of sp³-hybridized carbons (Fsp3) is 0.308. The van der Waals surface area contributed by atoms with E-state index in [1.54, 1.807) is 6.07 Å². The van der Waals surface area contributed by atoms with E-state index in [-0.39, 0.29) is 11.3 Å². The number of terminal acetylenes is 1. The molecule has 1 rings (SSSR count). The molecule has 5 heteroatoms. The fourth-order valence-electron chi connectivity index (χ4n) is 1.65. The quantitative estimate of drug-likeness (QED) is 0.452. The number of nitro benzene ring substituents is 1. The van der Waals surface area contributed by atoms with Crippen molar-refractivity contribution in [2.24, 2.45) is 0 Å². The van der Waals surface area contributed by atoms with E-state index < -0.39 is 4.92 Å². The SMILES string of the molecule is C#CCN(CCC)c1ccc([N+](=O)[O-])c(C#N)c1. The van der Waals surface area contributed by atoms with Gasteiger partial charge in [0.25, 0.3) is 5.69 Å². The van der Waals surface area contributed by atoms with Gasteiger partial charge in [-0.05, 0) is 18.6 Å². The first-order chi connectivity index (χ1) is 8.63.